The van der Waals surface area contributed by atoms with Crippen LogP contribution < -0.4 is 20.9 Å². The van der Waals surface area contributed by atoms with Gasteiger partial charge in [0.05, 0.1) is 43.9 Å². The largest absolute Gasteiger partial charge is 0.506 e. The standard InChI is InChI=1S/C47H56N4O6/c52-41-22-20-39(40-21-23-44(54)49-46(40)41)42(53)32-48-26-9-3-11-30-56-38-19-12-18-37(31-38)45(36-16-6-2-7-17-36)50-47(55)57-43-33-51(28-24-35(43)25-29-51)27-10-8-15-34-13-4-1-5-14-34/h1-2,4-7,12-14,16-23,31,35,42-43,45,48,53H,3,8-11,15,24-30,32-33H2,(H2-,49,50,52,54,55)/p+1/t35?,42-,43+,45?,51?/m1/s1. The van der Waals surface area contributed by atoms with Gasteiger partial charge >= 0.3 is 6.09 Å². The number of aromatic amines is 1. The van der Waals surface area contributed by atoms with E-state index in [9.17, 15) is 19.8 Å². The summed E-state index contributed by atoms with van der Waals surface area (Å²) in [6.07, 6.45) is 7.20. The van der Waals surface area contributed by atoms with Crippen LogP contribution in [0.1, 0.15) is 79.3 Å². The Morgan fingerprint density at radius 2 is 1.61 bits per heavy atom. The average Bonchev–Trinajstić information content (AvgIpc) is 3.24. The number of aliphatic hydroxyl groups excluding tert-OH is 1. The van der Waals surface area contributed by atoms with E-state index in [0.29, 0.717) is 35.5 Å². The maximum atomic E-state index is 13.6. The van der Waals surface area contributed by atoms with Crippen molar-refractivity contribution < 1.29 is 29.0 Å². The number of phenolic OH excluding ortho intramolecular Hbond substituents is 1. The molecule has 4 aromatic carbocycles. The molecule has 10 heteroatoms. The van der Waals surface area contributed by atoms with E-state index in [1.165, 1.54) is 43.6 Å². The van der Waals surface area contributed by atoms with Crippen LogP contribution in [0.15, 0.2) is 114 Å². The Morgan fingerprint density at radius 3 is 2.42 bits per heavy atom. The van der Waals surface area contributed by atoms with E-state index in [2.05, 4.69) is 45.9 Å². The number of nitrogens with one attached hydrogen (secondary N) is 3. The van der Waals surface area contributed by atoms with Gasteiger partial charge in [0.1, 0.15) is 18.0 Å². The third-order valence-electron chi connectivity index (χ3n) is 11.9. The molecule has 1 aromatic heterocycles. The smallest absolute Gasteiger partial charge is 0.408 e. The SMILES string of the molecule is O=C(NC(c1ccccc1)c1cccc(OCCCCCNC[C@@H](O)c2ccc(O)c3[nH]c(=O)ccc23)c1)O[C@H]1C[N+]2(CCCCc3ccccc3)CCC1CC2. The van der Waals surface area contributed by atoms with E-state index >= 15 is 0 Å². The van der Waals surface area contributed by atoms with Crippen LogP contribution in [-0.4, -0.2) is 77.8 Å². The Balaban J connectivity index is 0.862. The summed E-state index contributed by atoms with van der Waals surface area (Å²) in [5.74, 6) is 1.15. The van der Waals surface area contributed by atoms with E-state index in [1.54, 1.807) is 12.1 Å². The normalized spacial score (nSPS) is 19.9. The highest BCUT2D eigenvalue weighted by Gasteiger charge is 2.47. The lowest BCUT2D eigenvalue weighted by molar-refractivity contribution is -0.946. The molecule has 0 spiro atoms. The number of piperidine rings is 3. The molecule has 3 aliphatic rings. The van der Waals surface area contributed by atoms with Gasteiger partial charge in [0.25, 0.3) is 0 Å². The van der Waals surface area contributed by atoms with Crippen LogP contribution in [0.4, 0.5) is 4.79 Å². The van der Waals surface area contributed by atoms with Gasteiger partial charge in [-0.1, -0.05) is 78.9 Å². The highest BCUT2D eigenvalue weighted by Crippen LogP contribution is 2.36. The Morgan fingerprint density at radius 1 is 0.842 bits per heavy atom. The predicted octanol–water partition coefficient (Wildman–Crippen LogP) is 7.55. The van der Waals surface area contributed by atoms with Gasteiger partial charge in [-0.15, -0.1) is 0 Å². The number of ether oxygens (including phenoxy) is 2. The fourth-order valence-electron chi connectivity index (χ4n) is 8.79. The molecule has 57 heavy (non-hydrogen) atoms. The van der Waals surface area contributed by atoms with E-state index in [0.717, 1.165) is 79.5 Å². The van der Waals surface area contributed by atoms with Gasteiger partial charge < -0.3 is 39.8 Å². The molecule has 0 saturated carbocycles. The van der Waals surface area contributed by atoms with Crippen LogP contribution in [-0.2, 0) is 11.2 Å². The first-order chi connectivity index (χ1) is 27.9. The number of pyridine rings is 1. The average molecular weight is 774 g/mol. The number of carbonyl (C=O) groups excluding carboxylic acids is 1. The van der Waals surface area contributed by atoms with Crippen molar-refractivity contribution in [3.63, 3.8) is 0 Å². The molecule has 0 aliphatic carbocycles. The van der Waals surface area contributed by atoms with Crippen molar-refractivity contribution in [1.29, 1.82) is 0 Å². The molecule has 300 valence electrons. The van der Waals surface area contributed by atoms with Crippen molar-refractivity contribution >= 4 is 17.0 Å². The zero-order valence-electron chi connectivity index (χ0n) is 32.8. The summed E-state index contributed by atoms with van der Waals surface area (Å²) in [4.78, 5) is 28.0. The summed E-state index contributed by atoms with van der Waals surface area (Å²) in [6, 6.07) is 34.5. The molecule has 2 bridgehead atoms. The number of amides is 1. The number of H-pyrrole nitrogens is 1. The number of alkyl carbamates (subject to hydrolysis) is 1. The van der Waals surface area contributed by atoms with Gasteiger partial charge in [-0.3, -0.25) is 4.79 Å². The molecule has 8 rings (SSSR count). The minimum Gasteiger partial charge on any atom is -0.506 e. The lowest BCUT2D eigenvalue weighted by atomic mass is 9.83. The summed E-state index contributed by atoms with van der Waals surface area (Å²) < 4.78 is 13.5. The zero-order chi connectivity index (χ0) is 39.5. The molecular weight excluding hydrogens is 717 g/mol. The van der Waals surface area contributed by atoms with Crippen LogP contribution in [0.3, 0.4) is 0 Å². The second-order valence-electron chi connectivity index (χ2n) is 15.9. The number of quaternary nitrogens is 1. The monoisotopic (exact) mass is 773 g/mol. The van der Waals surface area contributed by atoms with Gasteiger partial charge in [-0.25, -0.2) is 4.79 Å². The lowest BCUT2D eigenvalue weighted by Crippen LogP contribution is -2.64. The maximum Gasteiger partial charge on any atom is 0.408 e. The minimum absolute atomic E-state index is 0.0251. The molecular formula is C47H57N4O6+. The zero-order valence-corrected chi connectivity index (χ0v) is 32.8. The van der Waals surface area contributed by atoms with Gasteiger partial charge in [0.2, 0.25) is 5.56 Å². The first-order valence-electron chi connectivity index (χ1n) is 20.7. The minimum atomic E-state index is -0.787. The number of hydrogen-bond acceptors (Lipinski definition) is 7. The molecule has 5 N–H and O–H groups in total. The van der Waals surface area contributed by atoms with Crippen LogP contribution >= 0.6 is 0 Å². The number of carbonyl (C=O) groups is 1. The number of aromatic nitrogens is 1. The quantitative estimate of drug-likeness (QED) is 0.0433. The summed E-state index contributed by atoms with van der Waals surface area (Å²) in [6.45, 7) is 6.06. The Hall–Kier alpha value is -5.16. The molecule has 3 fully saturated rings. The van der Waals surface area contributed by atoms with E-state index < -0.39 is 6.10 Å². The molecule has 1 unspecified atom stereocenters. The number of unbranched alkanes of at least 4 members (excludes halogenated alkanes) is 3. The summed E-state index contributed by atoms with van der Waals surface area (Å²) >= 11 is 0. The van der Waals surface area contributed by atoms with Crippen molar-refractivity contribution in [2.45, 2.75) is 69.6 Å². The maximum absolute atomic E-state index is 13.6. The highest BCUT2D eigenvalue weighted by molar-refractivity contribution is 5.87. The van der Waals surface area contributed by atoms with E-state index in [4.69, 9.17) is 9.47 Å². The fraction of sp³-hybridized carbons (Fsp3) is 0.404. The van der Waals surface area contributed by atoms with Crippen molar-refractivity contribution in [1.82, 2.24) is 15.6 Å². The molecule has 1 amide bonds. The second kappa shape index (κ2) is 19.3. The van der Waals surface area contributed by atoms with Crippen molar-refractivity contribution in [2.75, 3.05) is 45.9 Å². The first kappa shape index (κ1) is 40.1. The number of aliphatic hydroxyl groups is 1. The summed E-state index contributed by atoms with van der Waals surface area (Å²) in [5.41, 5.74) is 3.98. The molecule has 5 aromatic rings. The van der Waals surface area contributed by atoms with Crippen molar-refractivity contribution in [3.05, 3.63) is 142 Å². The van der Waals surface area contributed by atoms with E-state index in [1.807, 2.05) is 54.6 Å². The molecule has 0 radical (unpaired) electrons. The van der Waals surface area contributed by atoms with Crippen LogP contribution in [0.5, 0.6) is 11.5 Å². The number of hydrogen-bond donors (Lipinski definition) is 5. The van der Waals surface area contributed by atoms with Crippen molar-refractivity contribution in [2.24, 2.45) is 5.92 Å². The Labute approximate surface area is 335 Å². The molecule has 3 aliphatic heterocycles. The van der Waals surface area contributed by atoms with Crippen LogP contribution in [0, 0.1) is 5.92 Å². The third kappa shape index (κ3) is 10.6. The van der Waals surface area contributed by atoms with Gasteiger partial charge in [0.15, 0.2) is 6.10 Å². The Bertz CT molecular complexity index is 2100. The number of rotatable bonds is 19. The molecule has 10 nitrogen and oxygen atoms in total. The summed E-state index contributed by atoms with van der Waals surface area (Å²) in [5, 5.41) is 28.1. The number of nitrogens with zero attached hydrogens (tertiary/aromatic N) is 1. The van der Waals surface area contributed by atoms with Crippen LogP contribution in [0.25, 0.3) is 10.9 Å². The first-order valence-corrected chi connectivity index (χ1v) is 20.7. The molecule has 3 saturated heterocycles. The fourth-order valence-corrected chi connectivity index (χ4v) is 8.79. The number of aromatic hydroxyl groups is 1. The molecule has 4 heterocycles. The molecule has 3 atom stereocenters. The van der Waals surface area contributed by atoms with Gasteiger partial charge in [-0.2, -0.15) is 0 Å². The predicted molar refractivity (Wildman–Crippen MR) is 223 cm³/mol. The number of phenols is 1. The highest BCUT2D eigenvalue weighted by atomic mass is 16.6. The number of benzene rings is 4. The van der Waals surface area contributed by atoms with Gasteiger partial charge in [-0.05, 0) is 91.6 Å². The van der Waals surface area contributed by atoms with Crippen molar-refractivity contribution in [3.8, 4) is 11.5 Å². The third-order valence-corrected chi connectivity index (χ3v) is 11.9. The van der Waals surface area contributed by atoms with Gasteiger partial charge in [0, 0.05) is 36.8 Å². The topological polar surface area (TPSA) is 133 Å². The van der Waals surface area contributed by atoms with Crippen LogP contribution in [0.2, 0.25) is 0 Å². The van der Waals surface area contributed by atoms with E-state index in [-0.39, 0.29) is 29.5 Å². The number of fused-ring (bicyclic) bond motifs is 4. The second-order valence-corrected chi connectivity index (χ2v) is 15.9. The lowest BCUT2D eigenvalue weighted by Gasteiger charge is -2.52. The summed E-state index contributed by atoms with van der Waals surface area (Å²) in [7, 11) is 0. The number of aryl methyl sites for hydroxylation is 1. The Kier molecular flexibility index (Phi) is 13.6.